The van der Waals surface area contributed by atoms with Gasteiger partial charge in [-0.15, -0.1) is 11.3 Å². The van der Waals surface area contributed by atoms with E-state index in [1.54, 1.807) is 0 Å². The molecule has 0 aliphatic rings. The molecule has 1 nitrogen and oxygen atoms in total. The van der Waals surface area contributed by atoms with Gasteiger partial charge in [0.2, 0.25) is 0 Å². The highest BCUT2D eigenvalue weighted by Crippen LogP contribution is 2.26. The molecule has 0 saturated heterocycles. The van der Waals surface area contributed by atoms with Crippen molar-refractivity contribution >= 4 is 22.9 Å². The lowest BCUT2D eigenvalue weighted by Gasteiger charge is -2.26. The van der Waals surface area contributed by atoms with Crippen LogP contribution in [0.15, 0.2) is 41.8 Å². The molecule has 0 spiro atoms. The first kappa shape index (κ1) is 15.6. The van der Waals surface area contributed by atoms with E-state index in [4.69, 9.17) is 11.6 Å². The molecule has 1 aromatic carbocycles. The van der Waals surface area contributed by atoms with Crippen LogP contribution in [0.5, 0.6) is 0 Å². The van der Waals surface area contributed by atoms with Gasteiger partial charge in [-0.2, -0.15) is 0 Å². The van der Waals surface area contributed by atoms with Crippen LogP contribution in [0.2, 0.25) is 5.02 Å². The van der Waals surface area contributed by atoms with E-state index in [-0.39, 0.29) is 0 Å². The zero-order valence-electron chi connectivity index (χ0n) is 12.3. The van der Waals surface area contributed by atoms with Gasteiger partial charge in [0.25, 0.3) is 0 Å². The van der Waals surface area contributed by atoms with E-state index in [0.29, 0.717) is 18.0 Å². The minimum absolute atomic E-state index is 0.419. The standard InChI is InChI=1S/C17H22ClNS/c1-12(2)17(16-8-5-9-20-16)19-13(3)10-14-6-4-7-15(18)11-14/h4-9,11-13,17,19H,10H2,1-3H3. The summed E-state index contributed by atoms with van der Waals surface area (Å²) in [5, 5.41) is 6.71. The van der Waals surface area contributed by atoms with E-state index in [1.165, 1.54) is 10.4 Å². The molecule has 0 saturated carbocycles. The Morgan fingerprint density at radius 3 is 2.55 bits per heavy atom. The van der Waals surface area contributed by atoms with Crippen molar-refractivity contribution in [2.45, 2.75) is 39.3 Å². The molecule has 0 aliphatic heterocycles. The van der Waals surface area contributed by atoms with Crippen LogP contribution in [-0.4, -0.2) is 6.04 Å². The fourth-order valence-electron chi connectivity index (χ4n) is 2.45. The molecule has 20 heavy (non-hydrogen) atoms. The number of rotatable bonds is 6. The van der Waals surface area contributed by atoms with Crippen molar-refractivity contribution in [1.82, 2.24) is 5.32 Å². The first-order valence-electron chi connectivity index (χ1n) is 7.10. The van der Waals surface area contributed by atoms with Crippen LogP contribution in [0.25, 0.3) is 0 Å². The molecule has 1 aromatic heterocycles. The molecule has 1 N–H and O–H groups in total. The minimum atomic E-state index is 0.419. The second-order valence-corrected chi connectivity index (χ2v) is 7.05. The first-order chi connectivity index (χ1) is 9.56. The molecule has 0 amide bonds. The zero-order valence-corrected chi connectivity index (χ0v) is 13.8. The molecule has 0 aliphatic carbocycles. The summed E-state index contributed by atoms with van der Waals surface area (Å²) in [6.07, 6.45) is 0.995. The molecular weight excluding hydrogens is 286 g/mol. The summed E-state index contributed by atoms with van der Waals surface area (Å²) in [7, 11) is 0. The van der Waals surface area contributed by atoms with Gasteiger partial charge in [-0.25, -0.2) is 0 Å². The van der Waals surface area contributed by atoms with Crippen molar-refractivity contribution in [3.63, 3.8) is 0 Å². The van der Waals surface area contributed by atoms with E-state index >= 15 is 0 Å². The molecular formula is C17H22ClNS. The van der Waals surface area contributed by atoms with Gasteiger partial charge in [-0.1, -0.05) is 43.6 Å². The Morgan fingerprint density at radius 2 is 1.95 bits per heavy atom. The van der Waals surface area contributed by atoms with Gasteiger partial charge in [-0.05, 0) is 48.4 Å². The van der Waals surface area contributed by atoms with E-state index < -0.39 is 0 Å². The lowest BCUT2D eigenvalue weighted by Crippen LogP contribution is -2.34. The van der Waals surface area contributed by atoms with E-state index in [2.05, 4.69) is 55.7 Å². The molecule has 2 aromatic rings. The molecule has 108 valence electrons. The smallest absolute Gasteiger partial charge is 0.0440 e. The highest BCUT2D eigenvalue weighted by Gasteiger charge is 2.18. The summed E-state index contributed by atoms with van der Waals surface area (Å²) in [6, 6.07) is 13.3. The van der Waals surface area contributed by atoms with Crippen LogP contribution in [-0.2, 0) is 6.42 Å². The third kappa shape index (κ3) is 4.34. The summed E-state index contributed by atoms with van der Waals surface area (Å²) >= 11 is 7.87. The third-order valence-corrected chi connectivity index (χ3v) is 4.60. The van der Waals surface area contributed by atoms with E-state index in [9.17, 15) is 0 Å². The summed E-state index contributed by atoms with van der Waals surface area (Å²) < 4.78 is 0. The monoisotopic (exact) mass is 307 g/mol. The lowest BCUT2D eigenvalue weighted by atomic mass is 10.00. The van der Waals surface area contributed by atoms with Gasteiger partial charge in [0.15, 0.2) is 0 Å². The van der Waals surface area contributed by atoms with Crippen molar-refractivity contribution in [2.75, 3.05) is 0 Å². The average molecular weight is 308 g/mol. The topological polar surface area (TPSA) is 12.0 Å². The number of halogens is 1. The Labute approximate surface area is 131 Å². The SMILES string of the molecule is CC(Cc1cccc(Cl)c1)NC(c1cccs1)C(C)C. The van der Waals surface area contributed by atoms with Gasteiger partial charge < -0.3 is 5.32 Å². The molecule has 2 rings (SSSR count). The van der Waals surface area contributed by atoms with Crippen LogP contribution in [0.4, 0.5) is 0 Å². The quantitative estimate of drug-likeness (QED) is 0.761. The molecule has 3 heteroatoms. The maximum Gasteiger partial charge on any atom is 0.0440 e. The minimum Gasteiger partial charge on any atom is -0.306 e. The zero-order chi connectivity index (χ0) is 14.5. The Hall–Kier alpha value is -0.830. The highest BCUT2D eigenvalue weighted by atomic mass is 35.5. The molecule has 2 unspecified atom stereocenters. The normalized spacial score (nSPS) is 14.4. The van der Waals surface area contributed by atoms with Crippen LogP contribution in [0, 0.1) is 5.92 Å². The number of hydrogen-bond donors (Lipinski definition) is 1. The van der Waals surface area contributed by atoms with Crippen LogP contribution in [0.1, 0.15) is 37.3 Å². The summed E-state index contributed by atoms with van der Waals surface area (Å²) in [4.78, 5) is 1.41. The second kappa shape index (κ2) is 7.26. The maximum absolute atomic E-state index is 6.05. The van der Waals surface area contributed by atoms with Gasteiger partial charge in [0, 0.05) is 22.0 Å². The van der Waals surface area contributed by atoms with Crippen molar-refractivity contribution in [2.24, 2.45) is 5.92 Å². The molecule has 1 heterocycles. The Morgan fingerprint density at radius 1 is 1.15 bits per heavy atom. The fourth-order valence-corrected chi connectivity index (χ4v) is 3.63. The van der Waals surface area contributed by atoms with E-state index in [1.807, 2.05) is 23.5 Å². The Balaban J connectivity index is 2.00. The van der Waals surface area contributed by atoms with Crippen molar-refractivity contribution in [3.05, 3.63) is 57.2 Å². The number of benzene rings is 1. The van der Waals surface area contributed by atoms with Crippen LogP contribution in [0.3, 0.4) is 0 Å². The largest absolute Gasteiger partial charge is 0.306 e. The predicted molar refractivity (Wildman–Crippen MR) is 89.7 cm³/mol. The van der Waals surface area contributed by atoms with Crippen molar-refractivity contribution < 1.29 is 0 Å². The number of hydrogen-bond acceptors (Lipinski definition) is 2. The van der Waals surface area contributed by atoms with Gasteiger partial charge in [-0.3, -0.25) is 0 Å². The number of thiophene rings is 1. The second-order valence-electron chi connectivity index (χ2n) is 5.64. The lowest BCUT2D eigenvalue weighted by molar-refractivity contribution is 0.373. The maximum atomic E-state index is 6.05. The molecule has 2 atom stereocenters. The van der Waals surface area contributed by atoms with Gasteiger partial charge in [0.1, 0.15) is 0 Å². The molecule has 0 fully saturated rings. The van der Waals surface area contributed by atoms with E-state index in [0.717, 1.165) is 11.4 Å². The van der Waals surface area contributed by atoms with Crippen molar-refractivity contribution in [1.29, 1.82) is 0 Å². The summed E-state index contributed by atoms with van der Waals surface area (Å²) in [6.45, 7) is 6.77. The Bertz CT molecular complexity index is 522. The Kier molecular flexibility index (Phi) is 5.64. The summed E-state index contributed by atoms with van der Waals surface area (Å²) in [5.41, 5.74) is 1.28. The van der Waals surface area contributed by atoms with Crippen LogP contribution >= 0.6 is 22.9 Å². The third-order valence-electron chi connectivity index (χ3n) is 3.41. The molecule has 0 radical (unpaired) electrons. The highest BCUT2D eigenvalue weighted by molar-refractivity contribution is 7.10. The predicted octanol–water partition coefficient (Wildman–Crippen LogP) is 5.32. The van der Waals surface area contributed by atoms with Gasteiger partial charge in [0.05, 0.1) is 0 Å². The summed E-state index contributed by atoms with van der Waals surface area (Å²) in [5.74, 6) is 0.579. The van der Waals surface area contributed by atoms with Crippen LogP contribution < -0.4 is 5.32 Å². The van der Waals surface area contributed by atoms with Crippen molar-refractivity contribution in [3.8, 4) is 0 Å². The number of nitrogens with one attached hydrogen (secondary N) is 1. The molecule has 0 bridgehead atoms. The fraction of sp³-hybridized carbons (Fsp3) is 0.412. The van der Waals surface area contributed by atoms with Gasteiger partial charge >= 0.3 is 0 Å². The average Bonchev–Trinajstić information content (AvgIpc) is 2.89. The first-order valence-corrected chi connectivity index (χ1v) is 8.36.